The van der Waals surface area contributed by atoms with Gasteiger partial charge in [0.15, 0.2) is 5.96 Å². The molecule has 1 aliphatic rings. The fourth-order valence-corrected chi connectivity index (χ4v) is 2.57. The first-order chi connectivity index (χ1) is 12.6. The second kappa shape index (κ2) is 10.7. The molecule has 0 spiro atoms. The van der Waals surface area contributed by atoms with Crippen LogP contribution >= 0.6 is 0 Å². The highest BCUT2D eigenvalue weighted by molar-refractivity contribution is 5.80. The second-order valence-corrected chi connectivity index (χ2v) is 6.61. The molecule has 0 atom stereocenters. The molecule has 0 unspecified atom stereocenters. The fraction of sp³-hybridized carbons (Fsp3) is 0.600. The van der Waals surface area contributed by atoms with Crippen LogP contribution in [0, 0.1) is 6.92 Å². The van der Waals surface area contributed by atoms with Gasteiger partial charge in [0.1, 0.15) is 5.75 Å². The summed E-state index contributed by atoms with van der Waals surface area (Å²) in [6.07, 6.45) is 3.60. The van der Waals surface area contributed by atoms with E-state index in [9.17, 15) is 4.79 Å². The van der Waals surface area contributed by atoms with Gasteiger partial charge < -0.3 is 20.7 Å². The zero-order chi connectivity index (χ0) is 18.8. The van der Waals surface area contributed by atoms with Gasteiger partial charge in [0.2, 0.25) is 5.91 Å². The van der Waals surface area contributed by atoms with E-state index in [1.807, 2.05) is 19.9 Å². The Hall–Kier alpha value is -2.24. The van der Waals surface area contributed by atoms with Crippen molar-refractivity contribution in [3.05, 3.63) is 29.3 Å². The number of ether oxygens (including phenoxy) is 1. The summed E-state index contributed by atoms with van der Waals surface area (Å²) in [5.74, 6) is 1.80. The zero-order valence-corrected chi connectivity index (χ0v) is 16.2. The van der Waals surface area contributed by atoms with Crippen LogP contribution in [0.2, 0.25) is 0 Å². The normalized spacial score (nSPS) is 14.0. The Morgan fingerprint density at radius 3 is 2.77 bits per heavy atom. The number of aryl methyl sites for hydroxylation is 1. The largest absolute Gasteiger partial charge is 0.494 e. The van der Waals surface area contributed by atoms with Crippen LogP contribution in [0.15, 0.2) is 23.2 Å². The first kappa shape index (κ1) is 20.1. The van der Waals surface area contributed by atoms with Gasteiger partial charge in [-0.1, -0.05) is 12.1 Å². The highest BCUT2D eigenvalue weighted by Crippen LogP contribution is 2.21. The van der Waals surface area contributed by atoms with E-state index in [1.165, 1.54) is 5.56 Å². The summed E-state index contributed by atoms with van der Waals surface area (Å²) in [4.78, 5) is 16.3. The van der Waals surface area contributed by atoms with E-state index in [4.69, 9.17) is 4.74 Å². The van der Waals surface area contributed by atoms with E-state index in [-0.39, 0.29) is 5.91 Å². The van der Waals surface area contributed by atoms with Crippen LogP contribution in [-0.2, 0) is 11.3 Å². The van der Waals surface area contributed by atoms with Crippen molar-refractivity contribution >= 4 is 11.9 Å². The molecular formula is C20H32N4O2. The molecular weight excluding hydrogens is 328 g/mol. The Bertz CT molecular complexity index is 612. The standard InChI is InChI=1S/C20H32N4O2/c1-4-21-20(22-12-6-7-19(25)24-17-10-11-17)23-14-16-9-8-15(3)13-18(16)26-5-2/h8-9,13,17H,4-7,10-12,14H2,1-3H3,(H,24,25)(H2,21,22,23). The third-order valence-electron chi connectivity index (χ3n) is 4.09. The van der Waals surface area contributed by atoms with Crippen molar-refractivity contribution < 1.29 is 9.53 Å². The number of nitrogens with one attached hydrogen (secondary N) is 3. The molecule has 0 heterocycles. The number of carbonyl (C=O) groups excluding carboxylic acids is 1. The van der Waals surface area contributed by atoms with Crippen molar-refractivity contribution in [1.82, 2.24) is 16.0 Å². The Labute approximate surface area is 156 Å². The van der Waals surface area contributed by atoms with Gasteiger partial charge in [-0.25, -0.2) is 4.99 Å². The summed E-state index contributed by atoms with van der Waals surface area (Å²) in [7, 11) is 0. The van der Waals surface area contributed by atoms with Crippen molar-refractivity contribution in [1.29, 1.82) is 0 Å². The lowest BCUT2D eigenvalue weighted by atomic mass is 10.1. The molecule has 6 nitrogen and oxygen atoms in total. The number of nitrogens with zero attached hydrogens (tertiary/aromatic N) is 1. The molecule has 0 aromatic heterocycles. The number of benzene rings is 1. The van der Waals surface area contributed by atoms with E-state index in [1.54, 1.807) is 0 Å². The number of aliphatic imine (C=N–C) groups is 1. The van der Waals surface area contributed by atoms with Crippen molar-refractivity contribution in [2.45, 2.75) is 59.0 Å². The molecule has 6 heteroatoms. The van der Waals surface area contributed by atoms with Crippen LogP contribution in [0.1, 0.15) is 50.7 Å². The maximum atomic E-state index is 11.7. The summed E-state index contributed by atoms with van der Waals surface area (Å²) in [6.45, 7) is 8.78. The number of guanidine groups is 1. The Morgan fingerprint density at radius 2 is 2.08 bits per heavy atom. The molecule has 1 aromatic rings. The van der Waals surface area contributed by atoms with Crippen molar-refractivity contribution in [2.75, 3.05) is 19.7 Å². The van der Waals surface area contributed by atoms with Gasteiger partial charge in [-0.15, -0.1) is 0 Å². The Kier molecular flexibility index (Phi) is 8.25. The van der Waals surface area contributed by atoms with Gasteiger partial charge in [0, 0.05) is 31.1 Å². The van der Waals surface area contributed by atoms with Crippen LogP contribution in [0.4, 0.5) is 0 Å². The van der Waals surface area contributed by atoms with Crippen molar-refractivity contribution in [3.63, 3.8) is 0 Å². The molecule has 1 fully saturated rings. The molecule has 1 amide bonds. The van der Waals surface area contributed by atoms with Crippen molar-refractivity contribution in [2.24, 2.45) is 4.99 Å². The van der Waals surface area contributed by atoms with E-state index >= 15 is 0 Å². The molecule has 3 N–H and O–H groups in total. The quantitative estimate of drug-likeness (QED) is 0.340. The predicted molar refractivity (Wildman–Crippen MR) is 106 cm³/mol. The minimum absolute atomic E-state index is 0.150. The molecule has 26 heavy (non-hydrogen) atoms. The van der Waals surface area contributed by atoms with Crippen LogP contribution in [0.3, 0.4) is 0 Å². The first-order valence-electron chi connectivity index (χ1n) is 9.66. The minimum Gasteiger partial charge on any atom is -0.494 e. The Balaban J connectivity index is 1.82. The lowest BCUT2D eigenvalue weighted by Gasteiger charge is -2.13. The summed E-state index contributed by atoms with van der Waals surface area (Å²) in [5, 5.41) is 9.55. The van der Waals surface area contributed by atoms with Gasteiger partial charge in [-0.2, -0.15) is 0 Å². The minimum atomic E-state index is 0.150. The van der Waals surface area contributed by atoms with Crippen LogP contribution in [0.5, 0.6) is 5.75 Å². The van der Waals surface area contributed by atoms with Gasteiger partial charge in [0.25, 0.3) is 0 Å². The van der Waals surface area contributed by atoms with Crippen LogP contribution < -0.4 is 20.7 Å². The molecule has 1 aliphatic carbocycles. The topological polar surface area (TPSA) is 74.8 Å². The monoisotopic (exact) mass is 360 g/mol. The molecule has 1 saturated carbocycles. The predicted octanol–water partition coefficient (Wildman–Crippen LogP) is 2.51. The molecule has 0 radical (unpaired) electrons. The van der Waals surface area contributed by atoms with E-state index in [0.29, 0.717) is 25.6 Å². The lowest BCUT2D eigenvalue weighted by Crippen LogP contribution is -2.38. The number of hydrogen-bond acceptors (Lipinski definition) is 3. The lowest BCUT2D eigenvalue weighted by molar-refractivity contribution is -0.121. The number of amides is 1. The van der Waals surface area contributed by atoms with E-state index < -0.39 is 0 Å². The van der Waals surface area contributed by atoms with Gasteiger partial charge >= 0.3 is 0 Å². The molecule has 0 bridgehead atoms. The maximum Gasteiger partial charge on any atom is 0.220 e. The summed E-state index contributed by atoms with van der Waals surface area (Å²) < 4.78 is 5.72. The Morgan fingerprint density at radius 1 is 1.27 bits per heavy atom. The van der Waals surface area contributed by atoms with Gasteiger partial charge in [0.05, 0.1) is 13.2 Å². The molecule has 1 aromatic carbocycles. The number of hydrogen-bond donors (Lipinski definition) is 3. The van der Waals surface area contributed by atoms with Crippen LogP contribution in [-0.4, -0.2) is 37.6 Å². The molecule has 2 rings (SSSR count). The van der Waals surface area contributed by atoms with Gasteiger partial charge in [-0.05, 0) is 51.7 Å². The third kappa shape index (κ3) is 7.33. The van der Waals surface area contributed by atoms with Crippen LogP contribution in [0.25, 0.3) is 0 Å². The summed E-state index contributed by atoms with van der Waals surface area (Å²) >= 11 is 0. The maximum absolute atomic E-state index is 11.7. The summed E-state index contributed by atoms with van der Waals surface area (Å²) in [5.41, 5.74) is 2.24. The fourth-order valence-electron chi connectivity index (χ4n) is 2.57. The molecule has 144 valence electrons. The highest BCUT2D eigenvalue weighted by atomic mass is 16.5. The number of rotatable bonds is 10. The molecule has 0 aliphatic heterocycles. The first-order valence-corrected chi connectivity index (χ1v) is 9.66. The molecule has 0 saturated heterocycles. The average molecular weight is 361 g/mol. The smallest absolute Gasteiger partial charge is 0.220 e. The van der Waals surface area contributed by atoms with Gasteiger partial charge in [-0.3, -0.25) is 4.79 Å². The van der Waals surface area contributed by atoms with E-state index in [0.717, 1.165) is 49.6 Å². The number of carbonyl (C=O) groups is 1. The highest BCUT2D eigenvalue weighted by Gasteiger charge is 2.22. The third-order valence-corrected chi connectivity index (χ3v) is 4.09. The SMILES string of the molecule is CCNC(=NCc1ccc(C)cc1OCC)NCCCC(=O)NC1CC1. The zero-order valence-electron chi connectivity index (χ0n) is 16.2. The second-order valence-electron chi connectivity index (χ2n) is 6.61. The van der Waals surface area contributed by atoms with Crippen molar-refractivity contribution in [3.8, 4) is 5.75 Å². The average Bonchev–Trinajstić information content (AvgIpc) is 3.42. The summed E-state index contributed by atoms with van der Waals surface area (Å²) in [6, 6.07) is 6.62. The van der Waals surface area contributed by atoms with E-state index in [2.05, 4.69) is 40.0 Å².